The number of rotatable bonds is 3. The van der Waals surface area contributed by atoms with Crippen LogP contribution in [0.15, 0.2) is 12.2 Å². The molecule has 0 spiro atoms. The highest BCUT2D eigenvalue weighted by Gasteiger charge is 2.29. The minimum Gasteiger partial charge on any atom is -0.0917 e. The van der Waals surface area contributed by atoms with E-state index in [-0.39, 0.29) is 0 Å². The van der Waals surface area contributed by atoms with E-state index < -0.39 is 8.07 Å². The van der Waals surface area contributed by atoms with E-state index in [4.69, 9.17) is 0 Å². The third kappa shape index (κ3) is 4.86. The third-order valence-corrected chi connectivity index (χ3v) is 6.97. The number of hydrogen-bond donors (Lipinski definition) is 0. The van der Waals surface area contributed by atoms with Gasteiger partial charge in [-0.2, -0.15) is 0 Å². The Morgan fingerprint density at radius 2 is 2.00 bits per heavy atom. The molecule has 0 aromatic heterocycles. The highest BCUT2D eigenvalue weighted by Crippen LogP contribution is 2.38. The van der Waals surface area contributed by atoms with Crippen molar-refractivity contribution in [2.45, 2.75) is 70.6 Å². The summed E-state index contributed by atoms with van der Waals surface area (Å²) in [6.45, 7) is 9.78. The van der Waals surface area contributed by atoms with Crippen molar-refractivity contribution in [3.05, 3.63) is 18.6 Å². The molecule has 0 N–H and O–H groups in total. The van der Waals surface area contributed by atoms with Crippen LogP contribution in [-0.2, 0) is 0 Å². The van der Waals surface area contributed by atoms with Crippen LogP contribution in [0.2, 0.25) is 25.2 Å². The van der Waals surface area contributed by atoms with E-state index in [1.165, 1.54) is 38.5 Å². The first kappa shape index (κ1) is 14.0. The Morgan fingerprint density at radius 3 is 2.62 bits per heavy atom. The molecular formula is C15H29Si. The molecule has 93 valence electrons. The second-order valence-electron chi connectivity index (χ2n) is 6.38. The van der Waals surface area contributed by atoms with E-state index >= 15 is 0 Å². The zero-order valence-corrected chi connectivity index (χ0v) is 12.6. The Balaban J connectivity index is 2.56. The topological polar surface area (TPSA) is 0 Å². The summed E-state index contributed by atoms with van der Waals surface area (Å²) in [7, 11) is -0.936. The van der Waals surface area contributed by atoms with Crippen LogP contribution in [0.5, 0.6) is 0 Å². The van der Waals surface area contributed by atoms with Crippen molar-refractivity contribution in [2.75, 3.05) is 0 Å². The lowest BCUT2D eigenvalue weighted by atomic mass is 9.88. The molecule has 1 heteroatoms. The predicted molar refractivity (Wildman–Crippen MR) is 77.4 cm³/mol. The van der Waals surface area contributed by atoms with Gasteiger partial charge in [0.15, 0.2) is 0 Å². The van der Waals surface area contributed by atoms with Crippen molar-refractivity contribution in [3.8, 4) is 0 Å². The fourth-order valence-electron chi connectivity index (χ4n) is 2.76. The van der Waals surface area contributed by atoms with E-state index in [2.05, 4.69) is 45.1 Å². The maximum absolute atomic E-state index is 2.60. The van der Waals surface area contributed by atoms with Crippen LogP contribution in [0, 0.1) is 12.3 Å². The predicted octanol–water partition coefficient (Wildman–Crippen LogP) is 5.45. The van der Waals surface area contributed by atoms with E-state index in [0.717, 1.165) is 11.5 Å². The quantitative estimate of drug-likeness (QED) is 0.452. The molecule has 1 radical (unpaired) electrons. The second kappa shape index (κ2) is 6.63. The van der Waals surface area contributed by atoms with Crippen molar-refractivity contribution < 1.29 is 0 Å². The van der Waals surface area contributed by atoms with E-state index in [0.29, 0.717) is 0 Å². The largest absolute Gasteiger partial charge is 0.0917 e. The molecule has 0 aromatic carbocycles. The zero-order chi connectivity index (χ0) is 12.0. The molecule has 1 aliphatic carbocycles. The van der Waals surface area contributed by atoms with E-state index in [1.807, 2.05) is 0 Å². The SMILES string of the molecule is CC=CCC1[CH]CCCCC([Si](C)(C)C)C1. The molecule has 0 saturated heterocycles. The summed E-state index contributed by atoms with van der Waals surface area (Å²) >= 11 is 0. The Kier molecular flexibility index (Phi) is 5.81. The van der Waals surface area contributed by atoms with Gasteiger partial charge in [0.2, 0.25) is 0 Å². The lowest BCUT2D eigenvalue weighted by Crippen LogP contribution is -2.30. The van der Waals surface area contributed by atoms with E-state index in [1.54, 1.807) is 0 Å². The molecule has 0 aliphatic heterocycles. The lowest BCUT2D eigenvalue weighted by molar-refractivity contribution is 0.449. The molecule has 1 aliphatic rings. The zero-order valence-electron chi connectivity index (χ0n) is 11.6. The van der Waals surface area contributed by atoms with Gasteiger partial charge in [-0.15, -0.1) is 0 Å². The molecule has 0 aromatic rings. The van der Waals surface area contributed by atoms with Gasteiger partial charge in [0.05, 0.1) is 0 Å². The summed E-state index contributed by atoms with van der Waals surface area (Å²) in [5.74, 6) is 0.855. The number of allylic oxidation sites excluding steroid dienone is 2. The van der Waals surface area contributed by atoms with Gasteiger partial charge < -0.3 is 0 Å². The summed E-state index contributed by atoms with van der Waals surface area (Å²) in [6, 6.07) is 0. The maximum Gasteiger partial charge on any atom is 0.0473 e. The summed E-state index contributed by atoms with van der Waals surface area (Å²) in [5, 5.41) is 0. The van der Waals surface area contributed by atoms with Crippen LogP contribution in [0.25, 0.3) is 0 Å². The molecule has 0 amide bonds. The first-order valence-electron chi connectivity index (χ1n) is 6.98. The monoisotopic (exact) mass is 237 g/mol. The molecule has 1 fully saturated rings. The molecule has 2 atom stereocenters. The van der Waals surface area contributed by atoms with Gasteiger partial charge >= 0.3 is 0 Å². The average Bonchev–Trinajstić information content (AvgIpc) is 2.14. The second-order valence-corrected chi connectivity index (χ2v) is 11.9. The normalized spacial score (nSPS) is 29.0. The van der Waals surface area contributed by atoms with Crippen LogP contribution >= 0.6 is 0 Å². The van der Waals surface area contributed by atoms with Crippen LogP contribution in [0.4, 0.5) is 0 Å². The van der Waals surface area contributed by atoms with Crippen LogP contribution in [0.3, 0.4) is 0 Å². The van der Waals surface area contributed by atoms with Gasteiger partial charge in [-0.25, -0.2) is 0 Å². The van der Waals surface area contributed by atoms with Crippen molar-refractivity contribution >= 4 is 8.07 Å². The van der Waals surface area contributed by atoms with Crippen molar-refractivity contribution in [1.29, 1.82) is 0 Å². The molecule has 0 bridgehead atoms. The van der Waals surface area contributed by atoms with Crippen molar-refractivity contribution in [1.82, 2.24) is 0 Å². The van der Waals surface area contributed by atoms with Gasteiger partial charge in [0.25, 0.3) is 0 Å². The van der Waals surface area contributed by atoms with Gasteiger partial charge in [-0.05, 0) is 44.1 Å². The Hall–Kier alpha value is -0.0431. The standard InChI is InChI=1S/C15H29Si/c1-5-6-10-14-11-8-7-9-12-15(13-14)16(2,3)4/h5-6,11,14-15H,7-10,12-13H2,1-4H3. The van der Waals surface area contributed by atoms with Crippen molar-refractivity contribution in [3.63, 3.8) is 0 Å². The Labute approximate surface area is 104 Å². The molecule has 1 rings (SSSR count). The summed E-state index contributed by atoms with van der Waals surface area (Å²) in [5.41, 5.74) is 1.04. The van der Waals surface area contributed by atoms with Gasteiger partial charge in [0.1, 0.15) is 0 Å². The summed E-state index contributed by atoms with van der Waals surface area (Å²) < 4.78 is 0. The first-order chi connectivity index (χ1) is 7.54. The number of hydrogen-bond acceptors (Lipinski definition) is 0. The summed E-state index contributed by atoms with van der Waals surface area (Å²) in [4.78, 5) is 0. The van der Waals surface area contributed by atoms with E-state index in [9.17, 15) is 0 Å². The van der Waals surface area contributed by atoms with Crippen LogP contribution < -0.4 is 0 Å². The molecule has 0 heterocycles. The molecule has 16 heavy (non-hydrogen) atoms. The molecule has 0 nitrogen and oxygen atoms in total. The molecular weight excluding hydrogens is 208 g/mol. The smallest absolute Gasteiger partial charge is 0.0473 e. The first-order valence-corrected chi connectivity index (χ1v) is 10.6. The fraction of sp³-hybridized carbons (Fsp3) is 0.800. The highest BCUT2D eigenvalue weighted by atomic mass is 28.3. The maximum atomic E-state index is 2.60. The van der Waals surface area contributed by atoms with Crippen molar-refractivity contribution in [2.24, 2.45) is 5.92 Å². The minimum atomic E-state index is -0.936. The third-order valence-electron chi connectivity index (χ3n) is 3.99. The van der Waals surface area contributed by atoms with Crippen LogP contribution in [-0.4, -0.2) is 8.07 Å². The minimum absolute atomic E-state index is 0.855. The fourth-order valence-corrected chi connectivity index (χ4v) is 4.84. The lowest BCUT2D eigenvalue weighted by Gasteiger charge is -2.34. The highest BCUT2D eigenvalue weighted by molar-refractivity contribution is 6.77. The van der Waals surface area contributed by atoms with Gasteiger partial charge in [-0.1, -0.05) is 51.1 Å². The Morgan fingerprint density at radius 1 is 1.25 bits per heavy atom. The molecule has 1 saturated carbocycles. The van der Waals surface area contributed by atoms with Gasteiger partial charge in [0, 0.05) is 8.07 Å². The molecule has 2 unspecified atom stereocenters. The van der Waals surface area contributed by atoms with Gasteiger partial charge in [-0.3, -0.25) is 0 Å². The van der Waals surface area contributed by atoms with Crippen LogP contribution in [0.1, 0.15) is 45.4 Å². The Bertz CT molecular complexity index is 212. The average molecular weight is 237 g/mol. The summed E-state index contributed by atoms with van der Waals surface area (Å²) in [6.07, 6.45) is 15.6.